The molecule has 0 saturated heterocycles. The van der Waals surface area contributed by atoms with Crippen molar-refractivity contribution < 1.29 is 14.3 Å². The molecule has 0 fully saturated rings. The van der Waals surface area contributed by atoms with Crippen molar-refractivity contribution in [3.8, 4) is 5.75 Å². The van der Waals surface area contributed by atoms with Crippen molar-refractivity contribution in [1.82, 2.24) is 4.98 Å². The Morgan fingerprint density at radius 2 is 2.18 bits per heavy atom. The normalized spacial score (nSPS) is 10.6. The number of hydrogen-bond donors (Lipinski definition) is 0. The van der Waals surface area contributed by atoms with Gasteiger partial charge in [0.2, 0.25) is 0 Å². The SMILES string of the molecule is COc1ccc2cc(COC(=O)c3cccs3)c(Cl)nc2c1. The Bertz CT molecular complexity index is 818. The van der Waals surface area contributed by atoms with E-state index in [0.29, 0.717) is 21.3 Å². The lowest BCUT2D eigenvalue weighted by atomic mass is 10.1. The van der Waals surface area contributed by atoms with Crippen LogP contribution in [0.2, 0.25) is 5.15 Å². The minimum atomic E-state index is -0.360. The summed E-state index contributed by atoms with van der Waals surface area (Å²) in [6.45, 7) is 0.0878. The number of aromatic nitrogens is 1. The van der Waals surface area contributed by atoms with Crippen molar-refractivity contribution in [2.24, 2.45) is 0 Å². The molecule has 3 aromatic rings. The van der Waals surface area contributed by atoms with Crippen LogP contribution >= 0.6 is 22.9 Å². The second-order valence-corrected chi connectivity index (χ2v) is 5.86. The quantitative estimate of drug-likeness (QED) is 0.527. The molecule has 0 saturated carbocycles. The molecule has 1 aromatic carbocycles. The number of halogens is 1. The van der Waals surface area contributed by atoms with Crippen LogP contribution in [-0.2, 0) is 11.3 Å². The van der Waals surface area contributed by atoms with Gasteiger partial charge in [-0.25, -0.2) is 9.78 Å². The summed E-state index contributed by atoms with van der Waals surface area (Å²) in [5.74, 6) is 0.355. The van der Waals surface area contributed by atoms with Gasteiger partial charge in [-0.1, -0.05) is 17.7 Å². The standard InChI is InChI=1S/C16H12ClNO3S/c1-20-12-5-4-10-7-11(15(17)18-13(10)8-12)9-21-16(19)14-3-2-6-22-14/h2-8H,9H2,1H3. The van der Waals surface area contributed by atoms with Gasteiger partial charge in [0.05, 0.1) is 12.6 Å². The van der Waals surface area contributed by atoms with Crippen LogP contribution < -0.4 is 4.74 Å². The maximum Gasteiger partial charge on any atom is 0.348 e. The molecular formula is C16H12ClNO3S. The third-order valence-corrected chi connectivity index (χ3v) is 4.31. The molecule has 3 rings (SSSR count). The van der Waals surface area contributed by atoms with E-state index in [4.69, 9.17) is 21.1 Å². The topological polar surface area (TPSA) is 48.4 Å². The van der Waals surface area contributed by atoms with Gasteiger partial charge in [0.25, 0.3) is 0 Å². The van der Waals surface area contributed by atoms with Crippen LogP contribution in [0.4, 0.5) is 0 Å². The third-order valence-electron chi connectivity index (χ3n) is 3.13. The van der Waals surface area contributed by atoms with E-state index < -0.39 is 0 Å². The van der Waals surface area contributed by atoms with Crippen molar-refractivity contribution in [3.05, 3.63) is 57.4 Å². The lowest BCUT2D eigenvalue weighted by Gasteiger charge is -2.08. The molecule has 0 N–H and O–H groups in total. The van der Waals surface area contributed by atoms with Gasteiger partial charge in [-0.2, -0.15) is 0 Å². The molecule has 6 heteroatoms. The van der Waals surface area contributed by atoms with Crippen molar-refractivity contribution in [1.29, 1.82) is 0 Å². The molecule has 0 aliphatic heterocycles. The van der Waals surface area contributed by atoms with E-state index in [-0.39, 0.29) is 12.6 Å². The Morgan fingerprint density at radius 3 is 2.91 bits per heavy atom. The minimum absolute atomic E-state index is 0.0878. The van der Waals surface area contributed by atoms with Crippen LogP contribution in [0.1, 0.15) is 15.2 Å². The highest BCUT2D eigenvalue weighted by atomic mass is 35.5. The zero-order chi connectivity index (χ0) is 15.5. The fourth-order valence-corrected chi connectivity index (χ4v) is 2.82. The average molecular weight is 334 g/mol. The highest BCUT2D eigenvalue weighted by Gasteiger charge is 2.11. The number of ether oxygens (including phenoxy) is 2. The fourth-order valence-electron chi connectivity index (χ4n) is 2.00. The summed E-state index contributed by atoms with van der Waals surface area (Å²) >= 11 is 7.51. The first-order chi connectivity index (χ1) is 10.7. The molecule has 22 heavy (non-hydrogen) atoms. The van der Waals surface area contributed by atoms with Gasteiger partial charge in [-0.05, 0) is 29.6 Å². The van der Waals surface area contributed by atoms with Gasteiger partial charge in [0.1, 0.15) is 22.4 Å². The molecule has 0 aliphatic carbocycles. The van der Waals surface area contributed by atoms with Gasteiger partial charge in [0.15, 0.2) is 0 Å². The molecule has 0 radical (unpaired) electrons. The van der Waals surface area contributed by atoms with Gasteiger partial charge in [0, 0.05) is 17.0 Å². The number of carbonyl (C=O) groups is 1. The smallest absolute Gasteiger partial charge is 0.348 e. The molecule has 0 atom stereocenters. The predicted molar refractivity (Wildman–Crippen MR) is 86.7 cm³/mol. The molecule has 2 aromatic heterocycles. The Hall–Kier alpha value is -2.11. The molecule has 0 unspecified atom stereocenters. The lowest BCUT2D eigenvalue weighted by molar-refractivity contribution is 0.0478. The summed E-state index contributed by atoms with van der Waals surface area (Å²) in [5.41, 5.74) is 1.40. The molecule has 112 valence electrons. The van der Waals surface area contributed by atoms with Gasteiger partial charge < -0.3 is 9.47 Å². The molecule has 0 bridgehead atoms. The summed E-state index contributed by atoms with van der Waals surface area (Å²) in [6.07, 6.45) is 0. The Kier molecular flexibility index (Phi) is 4.27. The summed E-state index contributed by atoms with van der Waals surface area (Å²) in [6, 6.07) is 10.9. The van der Waals surface area contributed by atoms with Crippen molar-refractivity contribution in [3.63, 3.8) is 0 Å². The van der Waals surface area contributed by atoms with E-state index >= 15 is 0 Å². The molecule has 2 heterocycles. The summed E-state index contributed by atoms with van der Waals surface area (Å²) in [4.78, 5) is 16.7. The Balaban J connectivity index is 1.82. The van der Waals surface area contributed by atoms with E-state index in [0.717, 1.165) is 10.9 Å². The molecular weight excluding hydrogens is 322 g/mol. The van der Waals surface area contributed by atoms with E-state index in [1.54, 1.807) is 19.2 Å². The van der Waals surface area contributed by atoms with Crippen LogP contribution in [0.15, 0.2) is 41.8 Å². The molecule has 0 spiro atoms. The van der Waals surface area contributed by atoms with Crippen molar-refractivity contribution >= 4 is 39.8 Å². The van der Waals surface area contributed by atoms with E-state index in [1.807, 2.05) is 29.6 Å². The lowest BCUT2D eigenvalue weighted by Crippen LogP contribution is -2.04. The number of thiophene rings is 1. The number of esters is 1. The first-order valence-corrected chi connectivity index (χ1v) is 7.77. The van der Waals surface area contributed by atoms with Gasteiger partial charge in [-0.15, -0.1) is 11.3 Å². The van der Waals surface area contributed by atoms with E-state index in [1.165, 1.54) is 11.3 Å². The fraction of sp³-hybridized carbons (Fsp3) is 0.125. The van der Waals surface area contributed by atoms with Gasteiger partial charge in [-0.3, -0.25) is 0 Å². The number of benzene rings is 1. The zero-order valence-electron chi connectivity index (χ0n) is 11.7. The summed E-state index contributed by atoms with van der Waals surface area (Å²) in [5, 5.41) is 3.06. The maximum absolute atomic E-state index is 11.8. The first kappa shape index (κ1) is 14.8. The largest absolute Gasteiger partial charge is 0.497 e. The van der Waals surface area contributed by atoms with Crippen LogP contribution in [0, 0.1) is 0 Å². The molecule has 0 amide bonds. The van der Waals surface area contributed by atoms with Crippen LogP contribution in [0.25, 0.3) is 10.9 Å². The van der Waals surface area contributed by atoms with E-state index in [2.05, 4.69) is 4.98 Å². The Morgan fingerprint density at radius 1 is 1.32 bits per heavy atom. The first-order valence-electron chi connectivity index (χ1n) is 6.51. The number of hydrogen-bond acceptors (Lipinski definition) is 5. The Labute approximate surface area is 136 Å². The maximum atomic E-state index is 11.8. The molecule has 4 nitrogen and oxygen atoms in total. The van der Waals surface area contributed by atoms with Crippen LogP contribution in [0.5, 0.6) is 5.75 Å². The van der Waals surface area contributed by atoms with Crippen molar-refractivity contribution in [2.75, 3.05) is 7.11 Å². The minimum Gasteiger partial charge on any atom is -0.497 e. The highest BCUT2D eigenvalue weighted by molar-refractivity contribution is 7.11. The van der Waals surface area contributed by atoms with E-state index in [9.17, 15) is 4.79 Å². The van der Waals surface area contributed by atoms with Gasteiger partial charge >= 0.3 is 5.97 Å². The third kappa shape index (κ3) is 3.05. The molecule has 0 aliphatic rings. The second kappa shape index (κ2) is 6.34. The monoisotopic (exact) mass is 333 g/mol. The highest BCUT2D eigenvalue weighted by Crippen LogP contribution is 2.25. The zero-order valence-corrected chi connectivity index (χ0v) is 13.3. The summed E-state index contributed by atoms with van der Waals surface area (Å²) in [7, 11) is 1.60. The number of rotatable bonds is 4. The number of carbonyl (C=O) groups excluding carboxylic acids is 1. The second-order valence-electron chi connectivity index (χ2n) is 4.55. The number of nitrogens with zero attached hydrogens (tertiary/aromatic N) is 1. The number of fused-ring (bicyclic) bond motifs is 1. The van der Waals surface area contributed by atoms with Crippen molar-refractivity contribution in [2.45, 2.75) is 6.61 Å². The van der Waals surface area contributed by atoms with Crippen LogP contribution in [0.3, 0.4) is 0 Å². The van der Waals surface area contributed by atoms with Crippen LogP contribution in [-0.4, -0.2) is 18.1 Å². The number of pyridine rings is 1. The number of methoxy groups -OCH3 is 1. The average Bonchev–Trinajstić information content (AvgIpc) is 3.06. The summed E-state index contributed by atoms with van der Waals surface area (Å²) < 4.78 is 10.4. The predicted octanol–water partition coefficient (Wildman–Crippen LogP) is 4.32.